The van der Waals surface area contributed by atoms with Gasteiger partial charge in [-0.25, -0.2) is 8.78 Å². The molecule has 130 valence electrons. The maximum Gasteiger partial charge on any atom is 0.237 e. The molecule has 1 atom stereocenters. The van der Waals surface area contributed by atoms with Crippen LogP contribution in [0.4, 0.5) is 14.5 Å². The number of thioether (sulfide) groups is 1. The normalized spacial score (nSPS) is 12.2. The molecule has 0 aliphatic heterocycles. The Morgan fingerprint density at radius 2 is 2.25 bits per heavy atom. The van der Waals surface area contributed by atoms with Gasteiger partial charge in [-0.05, 0) is 25.5 Å². The zero-order valence-corrected chi connectivity index (χ0v) is 14.1. The van der Waals surface area contributed by atoms with Crippen LogP contribution in [0.1, 0.15) is 13.3 Å². The van der Waals surface area contributed by atoms with E-state index < -0.39 is 22.8 Å². The first-order valence-electron chi connectivity index (χ1n) is 7.30. The number of carbonyl (C=O) groups excluding carboxylic acids is 1. The number of benzene rings is 1. The highest BCUT2D eigenvalue weighted by Gasteiger charge is 2.19. The monoisotopic (exact) mass is 356 g/mol. The zero-order valence-electron chi connectivity index (χ0n) is 13.3. The van der Waals surface area contributed by atoms with Crippen LogP contribution in [0.25, 0.3) is 0 Å². The van der Waals surface area contributed by atoms with Crippen LogP contribution in [-0.2, 0) is 16.1 Å². The molecule has 0 aliphatic rings. The topological polar surface area (TPSA) is 69.0 Å². The van der Waals surface area contributed by atoms with Crippen LogP contribution >= 0.6 is 11.8 Å². The summed E-state index contributed by atoms with van der Waals surface area (Å²) < 4.78 is 33.3. The van der Waals surface area contributed by atoms with Crippen molar-refractivity contribution in [1.82, 2.24) is 14.8 Å². The van der Waals surface area contributed by atoms with Crippen LogP contribution in [0.15, 0.2) is 29.7 Å². The molecule has 24 heavy (non-hydrogen) atoms. The molecule has 0 aliphatic carbocycles. The third-order valence-corrected chi connectivity index (χ3v) is 4.26. The van der Waals surface area contributed by atoms with Crippen LogP contribution < -0.4 is 5.32 Å². The summed E-state index contributed by atoms with van der Waals surface area (Å²) in [6.07, 6.45) is 2.38. The lowest BCUT2D eigenvalue weighted by atomic mass is 10.3. The Bertz CT molecular complexity index is 696. The maximum atomic E-state index is 13.6. The lowest BCUT2D eigenvalue weighted by Crippen LogP contribution is -2.23. The average Bonchev–Trinajstić information content (AvgIpc) is 2.97. The first-order chi connectivity index (χ1) is 11.5. The van der Waals surface area contributed by atoms with Crippen molar-refractivity contribution in [2.45, 2.75) is 30.3 Å². The fourth-order valence-electron chi connectivity index (χ4n) is 1.91. The number of hydrogen-bond acceptors (Lipinski definition) is 5. The van der Waals surface area contributed by atoms with Crippen LogP contribution in [0.3, 0.4) is 0 Å². The van der Waals surface area contributed by atoms with Crippen LogP contribution in [-0.4, -0.2) is 39.6 Å². The molecule has 1 unspecified atom stereocenters. The third kappa shape index (κ3) is 5.00. The molecule has 0 bridgehead atoms. The molecule has 0 fully saturated rings. The van der Waals surface area contributed by atoms with E-state index in [1.807, 2.05) is 4.57 Å². The molecular formula is C15H18F2N4O2S. The summed E-state index contributed by atoms with van der Waals surface area (Å²) in [7, 11) is 1.63. The molecule has 0 spiro atoms. The fraction of sp³-hybridized carbons (Fsp3) is 0.400. The standard InChI is InChI=1S/C15H18F2N4O2S/c1-10(14(22)19-13-5-4-11(16)8-12(13)17)24-15-20-18-9-21(15)6-3-7-23-2/h4-5,8-10H,3,6-7H2,1-2H3,(H,19,22). The highest BCUT2D eigenvalue weighted by atomic mass is 32.2. The number of aryl methyl sites for hydroxylation is 1. The molecule has 6 nitrogen and oxygen atoms in total. The maximum absolute atomic E-state index is 13.6. The van der Waals surface area contributed by atoms with E-state index in [9.17, 15) is 13.6 Å². The number of carbonyl (C=O) groups is 1. The summed E-state index contributed by atoms with van der Waals surface area (Å²) in [6, 6.07) is 3.00. The van der Waals surface area contributed by atoms with E-state index >= 15 is 0 Å². The number of ether oxygens (including phenoxy) is 1. The van der Waals surface area contributed by atoms with Gasteiger partial charge in [0.05, 0.1) is 10.9 Å². The highest BCUT2D eigenvalue weighted by Crippen LogP contribution is 2.23. The first kappa shape index (κ1) is 18.3. The second-order valence-corrected chi connectivity index (χ2v) is 6.33. The van der Waals surface area contributed by atoms with Crippen molar-refractivity contribution in [3.8, 4) is 0 Å². The zero-order chi connectivity index (χ0) is 17.5. The SMILES string of the molecule is COCCCn1cnnc1SC(C)C(=O)Nc1ccc(F)cc1F. The van der Waals surface area contributed by atoms with Gasteiger partial charge in [-0.2, -0.15) is 0 Å². The Hall–Kier alpha value is -2.00. The van der Waals surface area contributed by atoms with Crippen molar-refractivity contribution in [3.63, 3.8) is 0 Å². The number of anilines is 1. The van der Waals surface area contributed by atoms with Gasteiger partial charge >= 0.3 is 0 Å². The Morgan fingerprint density at radius 1 is 1.46 bits per heavy atom. The number of aromatic nitrogens is 3. The molecule has 0 radical (unpaired) electrons. The van der Waals surface area contributed by atoms with E-state index in [4.69, 9.17) is 4.74 Å². The molecule has 1 N–H and O–H groups in total. The van der Waals surface area contributed by atoms with Crippen LogP contribution in [0, 0.1) is 11.6 Å². The number of halogens is 2. The summed E-state index contributed by atoms with van der Waals surface area (Å²) in [4.78, 5) is 12.2. The van der Waals surface area contributed by atoms with Crippen molar-refractivity contribution in [2.75, 3.05) is 19.0 Å². The number of nitrogens with one attached hydrogen (secondary N) is 1. The van der Waals surface area contributed by atoms with E-state index in [0.29, 0.717) is 18.3 Å². The molecule has 1 aromatic heterocycles. The van der Waals surface area contributed by atoms with Crippen molar-refractivity contribution in [1.29, 1.82) is 0 Å². The Morgan fingerprint density at radius 3 is 2.96 bits per heavy atom. The van der Waals surface area contributed by atoms with E-state index in [1.54, 1.807) is 20.4 Å². The Balaban J connectivity index is 1.95. The second kappa shape index (κ2) is 8.74. The van der Waals surface area contributed by atoms with Crippen LogP contribution in [0.5, 0.6) is 0 Å². The quantitative estimate of drug-likeness (QED) is 0.582. The minimum atomic E-state index is -0.816. The van der Waals surface area contributed by atoms with E-state index in [0.717, 1.165) is 18.6 Å². The fourth-order valence-corrected chi connectivity index (χ4v) is 2.76. The third-order valence-electron chi connectivity index (χ3n) is 3.17. The molecule has 9 heteroatoms. The molecule has 2 rings (SSSR count). The Labute approximate surface area is 142 Å². The van der Waals surface area contributed by atoms with E-state index in [2.05, 4.69) is 15.5 Å². The smallest absolute Gasteiger partial charge is 0.237 e. The van der Waals surface area contributed by atoms with Gasteiger partial charge in [-0.15, -0.1) is 10.2 Å². The summed E-state index contributed by atoms with van der Waals surface area (Å²) in [6.45, 7) is 2.96. The molecular weight excluding hydrogens is 338 g/mol. The van der Waals surface area contributed by atoms with Crippen molar-refractivity contribution in [2.24, 2.45) is 0 Å². The predicted octanol–water partition coefficient (Wildman–Crippen LogP) is 2.71. The summed E-state index contributed by atoms with van der Waals surface area (Å²) >= 11 is 1.21. The number of amides is 1. The second-order valence-electron chi connectivity index (χ2n) is 5.03. The lowest BCUT2D eigenvalue weighted by Gasteiger charge is -2.13. The minimum Gasteiger partial charge on any atom is -0.385 e. The van der Waals surface area contributed by atoms with Gasteiger partial charge in [0.15, 0.2) is 5.16 Å². The number of nitrogens with zero attached hydrogens (tertiary/aromatic N) is 3. The largest absolute Gasteiger partial charge is 0.385 e. The molecule has 1 aromatic carbocycles. The molecule has 2 aromatic rings. The van der Waals surface area contributed by atoms with E-state index in [-0.39, 0.29) is 5.69 Å². The van der Waals surface area contributed by atoms with Gasteiger partial charge in [-0.1, -0.05) is 11.8 Å². The Kier molecular flexibility index (Phi) is 6.68. The number of hydrogen-bond donors (Lipinski definition) is 1. The van der Waals surface area contributed by atoms with Gasteiger partial charge in [0.25, 0.3) is 0 Å². The summed E-state index contributed by atoms with van der Waals surface area (Å²) in [5.41, 5.74) is -0.0598. The predicted molar refractivity (Wildman–Crippen MR) is 86.8 cm³/mol. The van der Waals surface area contributed by atoms with Gasteiger partial charge in [0.2, 0.25) is 5.91 Å². The van der Waals surface area contributed by atoms with Gasteiger partial charge in [0, 0.05) is 26.3 Å². The number of rotatable bonds is 8. The summed E-state index contributed by atoms with van der Waals surface area (Å²) in [5.74, 6) is -1.92. The van der Waals surface area contributed by atoms with Crippen molar-refractivity contribution >= 4 is 23.4 Å². The summed E-state index contributed by atoms with van der Waals surface area (Å²) in [5, 5.41) is 10.3. The highest BCUT2D eigenvalue weighted by molar-refractivity contribution is 8.00. The van der Waals surface area contributed by atoms with Gasteiger partial charge in [0.1, 0.15) is 18.0 Å². The van der Waals surface area contributed by atoms with E-state index in [1.165, 1.54) is 17.8 Å². The van der Waals surface area contributed by atoms with Crippen LogP contribution in [0.2, 0.25) is 0 Å². The number of methoxy groups -OCH3 is 1. The average molecular weight is 356 g/mol. The van der Waals surface area contributed by atoms with Gasteiger partial charge < -0.3 is 14.6 Å². The van der Waals surface area contributed by atoms with Crippen molar-refractivity contribution < 1.29 is 18.3 Å². The van der Waals surface area contributed by atoms with Crippen molar-refractivity contribution in [3.05, 3.63) is 36.2 Å². The van der Waals surface area contributed by atoms with Gasteiger partial charge in [-0.3, -0.25) is 4.79 Å². The molecule has 1 amide bonds. The molecule has 0 saturated carbocycles. The first-order valence-corrected chi connectivity index (χ1v) is 8.18. The molecule has 0 saturated heterocycles. The molecule has 1 heterocycles. The lowest BCUT2D eigenvalue weighted by molar-refractivity contribution is -0.115. The minimum absolute atomic E-state index is 0.0598.